The second-order valence-electron chi connectivity index (χ2n) is 8.95. The van der Waals surface area contributed by atoms with Gasteiger partial charge in [-0.05, 0) is 41.5 Å². The van der Waals surface area contributed by atoms with Gasteiger partial charge in [0.05, 0.1) is 25.5 Å². The second-order valence-corrected chi connectivity index (χ2v) is 8.95. The number of hydrogen-bond donors (Lipinski definition) is 1. The Balaban J connectivity index is 1.82. The molecule has 0 radical (unpaired) electrons. The average Bonchev–Trinajstić information content (AvgIpc) is 3.31. The van der Waals surface area contributed by atoms with Crippen LogP contribution in [0.5, 0.6) is 11.5 Å². The molecule has 1 heterocycles. The van der Waals surface area contributed by atoms with Crippen LogP contribution in [0.25, 0.3) is 6.08 Å². The molecule has 6 heteroatoms. The van der Waals surface area contributed by atoms with E-state index in [1.165, 1.54) is 25.9 Å². The predicted molar refractivity (Wildman–Crippen MR) is 127 cm³/mol. The molecule has 2 amide bonds. The van der Waals surface area contributed by atoms with Crippen molar-refractivity contribution in [2.75, 3.05) is 32.6 Å². The van der Waals surface area contributed by atoms with Crippen LogP contribution in [0.4, 0.5) is 5.69 Å². The number of carbonyl (C=O) groups is 2. The van der Waals surface area contributed by atoms with E-state index < -0.39 is 0 Å². The lowest BCUT2D eigenvalue weighted by molar-refractivity contribution is -0.111. The van der Waals surface area contributed by atoms with E-state index in [0.29, 0.717) is 35.8 Å². The van der Waals surface area contributed by atoms with Gasteiger partial charge in [0.1, 0.15) is 0 Å². The summed E-state index contributed by atoms with van der Waals surface area (Å²) in [6.45, 7) is 7.91. The van der Waals surface area contributed by atoms with Crippen LogP contribution in [0, 0.1) is 0 Å². The van der Waals surface area contributed by atoms with Crippen molar-refractivity contribution in [3.63, 3.8) is 0 Å². The van der Waals surface area contributed by atoms with Gasteiger partial charge in [0.15, 0.2) is 11.5 Å². The van der Waals surface area contributed by atoms with Gasteiger partial charge in [-0.15, -0.1) is 0 Å². The molecular weight excluding hydrogens is 404 g/mol. The molecule has 0 saturated carbocycles. The van der Waals surface area contributed by atoms with Crippen LogP contribution in [0.15, 0.2) is 42.5 Å². The van der Waals surface area contributed by atoms with Gasteiger partial charge in [0.2, 0.25) is 5.91 Å². The largest absolute Gasteiger partial charge is 0.493 e. The number of methoxy groups -OCH3 is 2. The van der Waals surface area contributed by atoms with Crippen molar-refractivity contribution in [3.05, 3.63) is 59.2 Å². The lowest BCUT2D eigenvalue weighted by Gasteiger charge is -2.19. The van der Waals surface area contributed by atoms with Crippen LogP contribution in [-0.2, 0) is 10.2 Å². The van der Waals surface area contributed by atoms with Crippen molar-refractivity contribution in [2.45, 2.75) is 39.0 Å². The fraction of sp³-hybridized carbons (Fsp3) is 0.385. The number of anilines is 1. The molecule has 32 heavy (non-hydrogen) atoms. The minimum absolute atomic E-state index is 0.0747. The first kappa shape index (κ1) is 23.4. The summed E-state index contributed by atoms with van der Waals surface area (Å²) in [6, 6.07) is 11.4. The number of ether oxygens (including phenoxy) is 2. The molecule has 1 aliphatic heterocycles. The van der Waals surface area contributed by atoms with Crippen molar-refractivity contribution in [1.29, 1.82) is 0 Å². The minimum Gasteiger partial charge on any atom is -0.493 e. The molecule has 0 aromatic heterocycles. The number of amides is 2. The lowest BCUT2D eigenvalue weighted by atomic mass is 9.87. The molecule has 3 rings (SSSR count). The predicted octanol–water partition coefficient (Wildman–Crippen LogP) is 4.89. The van der Waals surface area contributed by atoms with Crippen molar-refractivity contribution in [3.8, 4) is 11.5 Å². The van der Waals surface area contributed by atoms with Crippen molar-refractivity contribution < 1.29 is 19.1 Å². The number of likely N-dealkylation sites (tertiary alicyclic amines) is 1. The summed E-state index contributed by atoms with van der Waals surface area (Å²) in [5, 5.41) is 2.84. The number of nitrogens with zero attached hydrogens (tertiary/aromatic N) is 1. The monoisotopic (exact) mass is 436 g/mol. The third-order valence-electron chi connectivity index (χ3n) is 5.61. The lowest BCUT2D eigenvalue weighted by Crippen LogP contribution is -2.28. The quantitative estimate of drug-likeness (QED) is 0.655. The van der Waals surface area contributed by atoms with Gasteiger partial charge < -0.3 is 19.7 Å². The third kappa shape index (κ3) is 5.49. The summed E-state index contributed by atoms with van der Waals surface area (Å²) in [4.78, 5) is 27.5. The molecule has 0 unspecified atom stereocenters. The summed E-state index contributed by atoms with van der Waals surface area (Å²) < 4.78 is 10.7. The first-order chi connectivity index (χ1) is 15.2. The number of rotatable bonds is 6. The highest BCUT2D eigenvalue weighted by Gasteiger charge is 2.24. The standard InChI is InChI=1S/C26H32N2O4/c1-26(2,3)19-11-8-18(9-12-19)10-13-24(29)27-21-17-23(32-5)22(31-4)16-20(21)25(30)28-14-6-7-15-28/h8-13,16-17H,6-7,14-15H2,1-5H3,(H,27,29)/b13-10+. The van der Waals surface area contributed by atoms with Crippen LogP contribution in [0.1, 0.15) is 55.1 Å². The minimum atomic E-state index is -0.326. The van der Waals surface area contributed by atoms with Crippen molar-refractivity contribution in [1.82, 2.24) is 4.90 Å². The zero-order valence-electron chi connectivity index (χ0n) is 19.5. The van der Waals surface area contributed by atoms with E-state index in [2.05, 4.69) is 38.2 Å². The Morgan fingerprint density at radius 1 is 0.969 bits per heavy atom. The fourth-order valence-electron chi connectivity index (χ4n) is 3.69. The molecule has 2 aromatic rings. The zero-order valence-corrected chi connectivity index (χ0v) is 19.5. The second kappa shape index (κ2) is 9.90. The molecule has 0 aliphatic carbocycles. The van der Waals surface area contributed by atoms with E-state index in [1.807, 2.05) is 12.1 Å². The van der Waals surface area contributed by atoms with Crippen molar-refractivity contribution >= 4 is 23.6 Å². The summed E-state index contributed by atoms with van der Waals surface area (Å²) in [5.74, 6) is 0.443. The number of nitrogens with one attached hydrogen (secondary N) is 1. The molecule has 170 valence electrons. The van der Waals surface area contributed by atoms with Gasteiger partial charge in [-0.3, -0.25) is 9.59 Å². The van der Waals surface area contributed by atoms with E-state index in [-0.39, 0.29) is 17.2 Å². The van der Waals surface area contributed by atoms with Gasteiger partial charge in [-0.25, -0.2) is 0 Å². The number of hydrogen-bond acceptors (Lipinski definition) is 4. The van der Waals surface area contributed by atoms with E-state index >= 15 is 0 Å². The molecule has 1 N–H and O–H groups in total. The molecule has 0 atom stereocenters. The summed E-state index contributed by atoms with van der Waals surface area (Å²) in [6.07, 6.45) is 5.19. The molecule has 1 saturated heterocycles. The molecule has 0 bridgehead atoms. The van der Waals surface area contributed by atoms with E-state index in [9.17, 15) is 9.59 Å². The molecule has 0 spiro atoms. The SMILES string of the molecule is COc1cc(NC(=O)/C=C/c2ccc(C(C)(C)C)cc2)c(C(=O)N2CCCC2)cc1OC. The topological polar surface area (TPSA) is 67.9 Å². The highest BCUT2D eigenvalue weighted by atomic mass is 16.5. The molecule has 2 aromatic carbocycles. The Labute approximate surface area is 190 Å². The van der Waals surface area contributed by atoms with Gasteiger partial charge in [-0.2, -0.15) is 0 Å². The smallest absolute Gasteiger partial charge is 0.256 e. The maximum atomic E-state index is 13.1. The molecule has 1 aliphatic rings. The highest BCUT2D eigenvalue weighted by molar-refractivity contribution is 6.08. The van der Waals surface area contributed by atoms with Crippen LogP contribution >= 0.6 is 0 Å². The first-order valence-corrected chi connectivity index (χ1v) is 10.9. The van der Waals surface area contributed by atoms with Gasteiger partial charge in [0.25, 0.3) is 5.91 Å². The Morgan fingerprint density at radius 2 is 1.56 bits per heavy atom. The van der Waals surface area contributed by atoms with E-state index in [0.717, 1.165) is 18.4 Å². The van der Waals surface area contributed by atoms with Gasteiger partial charge >= 0.3 is 0 Å². The average molecular weight is 437 g/mol. The Bertz CT molecular complexity index is 998. The van der Waals surface area contributed by atoms with Crippen LogP contribution in [0.3, 0.4) is 0 Å². The highest BCUT2D eigenvalue weighted by Crippen LogP contribution is 2.34. The van der Waals surface area contributed by atoms with E-state index in [4.69, 9.17) is 9.47 Å². The fourth-order valence-corrected chi connectivity index (χ4v) is 3.69. The van der Waals surface area contributed by atoms with Crippen LogP contribution < -0.4 is 14.8 Å². The van der Waals surface area contributed by atoms with Gasteiger partial charge in [-0.1, -0.05) is 45.0 Å². The summed E-state index contributed by atoms with van der Waals surface area (Å²) >= 11 is 0. The number of benzene rings is 2. The maximum absolute atomic E-state index is 13.1. The maximum Gasteiger partial charge on any atom is 0.256 e. The normalized spacial score (nSPS) is 14.0. The van der Waals surface area contributed by atoms with Gasteiger partial charge in [0, 0.05) is 25.2 Å². The van der Waals surface area contributed by atoms with Crippen molar-refractivity contribution in [2.24, 2.45) is 0 Å². The number of carbonyl (C=O) groups excluding carboxylic acids is 2. The first-order valence-electron chi connectivity index (χ1n) is 10.9. The Morgan fingerprint density at radius 3 is 2.12 bits per heavy atom. The summed E-state index contributed by atoms with van der Waals surface area (Å²) in [7, 11) is 3.04. The molecule has 6 nitrogen and oxygen atoms in total. The van der Waals surface area contributed by atoms with E-state index in [1.54, 1.807) is 23.1 Å². The Hall–Kier alpha value is -3.28. The zero-order chi connectivity index (χ0) is 23.3. The third-order valence-corrected chi connectivity index (χ3v) is 5.61. The van der Waals surface area contributed by atoms with Crippen LogP contribution in [0.2, 0.25) is 0 Å². The Kier molecular flexibility index (Phi) is 7.23. The molecular formula is C26H32N2O4. The molecule has 1 fully saturated rings. The summed E-state index contributed by atoms with van der Waals surface area (Å²) in [5.41, 5.74) is 3.02. The van der Waals surface area contributed by atoms with Crippen LogP contribution in [-0.4, -0.2) is 44.0 Å².